The van der Waals surface area contributed by atoms with Gasteiger partial charge in [0.15, 0.2) is 0 Å². The van der Waals surface area contributed by atoms with Crippen molar-refractivity contribution in [3.63, 3.8) is 0 Å². The molecule has 0 saturated heterocycles. The first-order valence-electron chi connectivity index (χ1n) is 6.45. The standard InChI is InChI=1S/C15H16BrNOS/c16-14-7-11(9-18)1-4-15(14)17(13-2-3-13)8-12-5-6-19-10-12/h1,4-7,10,13,18H,2-3,8-9H2. The van der Waals surface area contributed by atoms with E-state index in [1.54, 1.807) is 11.3 Å². The van der Waals surface area contributed by atoms with E-state index in [0.29, 0.717) is 6.04 Å². The lowest BCUT2D eigenvalue weighted by Gasteiger charge is -2.26. The average molecular weight is 338 g/mol. The Hall–Kier alpha value is -0.840. The fourth-order valence-corrected chi connectivity index (χ4v) is 3.57. The van der Waals surface area contributed by atoms with E-state index >= 15 is 0 Å². The maximum Gasteiger partial charge on any atom is 0.0682 e. The molecule has 19 heavy (non-hydrogen) atoms. The molecule has 0 aliphatic heterocycles. The van der Waals surface area contributed by atoms with Crippen molar-refractivity contribution in [2.45, 2.75) is 32.0 Å². The first kappa shape index (κ1) is 13.2. The summed E-state index contributed by atoms with van der Waals surface area (Å²) in [5.74, 6) is 0. The third-order valence-corrected chi connectivity index (χ3v) is 4.79. The number of thiophene rings is 1. The van der Waals surface area contributed by atoms with Gasteiger partial charge >= 0.3 is 0 Å². The van der Waals surface area contributed by atoms with Crippen LogP contribution in [-0.4, -0.2) is 11.1 Å². The van der Waals surface area contributed by atoms with Crippen LogP contribution in [-0.2, 0) is 13.2 Å². The number of aliphatic hydroxyl groups is 1. The minimum absolute atomic E-state index is 0.0901. The van der Waals surface area contributed by atoms with Crippen LogP contribution in [0.15, 0.2) is 39.5 Å². The van der Waals surface area contributed by atoms with Gasteiger partial charge in [-0.3, -0.25) is 0 Å². The Morgan fingerprint density at radius 2 is 2.11 bits per heavy atom. The monoisotopic (exact) mass is 337 g/mol. The number of halogens is 1. The number of aliphatic hydroxyl groups excluding tert-OH is 1. The fraction of sp³-hybridized carbons (Fsp3) is 0.333. The Bertz CT molecular complexity index is 551. The van der Waals surface area contributed by atoms with Crippen LogP contribution in [0.5, 0.6) is 0 Å². The van der Waals surface area contributed by atoms with E-state index in [1.807, 2.05) is 12.1 Å². The van der Waals surface area contributed by atoms with Crippen molar-refractivity contribution in [1.29, 1.82) is 0 Å². The molecule has 100 valence electrons. The summed E-state index contributed by atoms with van der Waals surface area (Å²) in [6.45, 7) is 1.05. The van der Waals surface area contributed by atoms with Gasteiger partial charge in [-0.15, -0.1) is 0 Å². The van der Waals surface area contributed by atoms with Crippen LogP contribution in [0.3, 0.4) is 0 Å². The lowest BCUT2D eigenvalue weighted by atomic mass is 10.2. The molecular formula is C15H16BrNOS. The summed E-state index contributed by atoms with van der Waals surface area (Å²) in [4.78, 5) is 2.47. The first-order chi connectivity index (χ1) is 9.28. The van der Waals surface area contributed by atoms with Crippen molar-refractivity contribution in [1.82, 2.24) is 0 Å². The quantitative estimate of drug-likeness (QED) is 0.884. The normalized spacial score (nSPS) is 14.6. The summed E-state index contributed by atoms with van der Waals surface area (Å²) >= 11 is 5.39. The molecule has 1 heterocycles. The van der Waals surface area contributed by atoms with Gasteiger partial charge < -0.3 is 10.0 Å². The molecule has 1 N–H and O–H groups in total. The van der Waals surface area contributed by atoms with E-state index in [-0.39, 0.29) is 6.61 Å². The van der Waals surface area contributed by atoms with Gasteiger partial charge in [-0.05, 0) is 68.9 Å². The molecule has 1 aliphatic rings. The highest BCUT2D eigenvalue weighted by molar-refractivity contribution is 9.10. The molecule has 0 bridgehead atoms. The fourth-order valence-electron chi connectivity index (χ4n) is 2.26. The van der Waals surface area contributed by atoms with Gasteiger partial charge in [0.25, 0.3) is 0 Å². The molecule has 0 spiro atoms. The second-order valence-electron chi connectivity index (χ2n) is 4.93. The van der Waals surface area contributed by atoms with Crippen molar-refractivity contribution < 1.29 is 5.11 Å². The SMILES string of the molecule is OCc1ccc(N(Cc2ccsc2)C2CC2)c(Br)c1. The smallest absolute Gasteiger partial charge is 0.0682 e. The summed E-state index contributed by atoms with van der Waals surface area (Å²) in [6, 6.07) is 8.98. The highest BCUT2D eigenvalue weighted by Gasteiger charge is 2.30. The molecule has 0 amide bonds. The molecule has 0 unspecified atom stereocenters. The molecule has 0 atom stereocenters. The van der Waals surface area contributed by atoms with Crippen molar-refractivity contribution in [3.8, 4) is 0 Å². The highest BCUT2D eigenvalue weighted by Crippen LogP contribution is 2.37. The molecule has 1 aromatic heterocycles. The first-order valence-corrected chi connectivity index (χ1v) is 8.18. The molecule has 1 saturated carbocycles. The van der Waals surface area contributed by atoms with Crippen molar-refractivity contribution in [2.24, 2.45) is 0 Å². The zero-order chi connectivity index (χ0) is 13.2. The molecule has 2 nitrogen and oxygen atoms in total. The molecule has 4 heteroatoms. The van der Waals surface area contributed by atoms with Gasteiger partial charge in [0.2, 0.25) is 0 Å². The largest absolute Gasteiger partial charge is 0.392 e. The van der Waals surface area contributed by atoms with Gasteiger partial charge in [0.1, 0.15) is 0 Å². The van der Waals surface area contributed by atoms with Crippen LogP contribution in [0, 0.1) is 0 Å². The van der Waals surface area contributed by atoms with Gasteiger partial charge in [-0.25, -0.2) is 0 Å². The molecule has 3 rings (SSSR count). The number of benzene rings is 1. The average Bonchev–Trinajstić information content (AvgIpc) is 3.14. The Morgan fingerprint density at radius 3 is 2.68 bits per heavy atom. The van der Waals surface area contributed by atoms with Crippen LogP contribution in [0.1, 0.15) is 24.0 Å². The molecule has 1 aromatic carbocycles. The molecule has 2 aromatic rings. The lowest BCUT2D eigenvalue weighted by Crippen LogP contribution is -2.25. The topological polar surface area (TPSA) is 23.5 Å². The van der Waals surface area contributed by atoms with E-state index in [4.69, 9.17) is 0 Å². The second kappa shape index (κ2) is 5.65. The van der Waals surface area contributed by atoms with Gasteiger partial charge in [-0.1, -0.05) is 6.07 Å². The van der Waals surface area contributed by atoms with E-state index in [1.165, 1.54) is 24.1 Å². The van der Waals surface area contributed by atoms with Crippen LogP contribution in [0.25, 0.3) is 0 Å². The van der Waals surface area contributed by atoms with E-state index in [9.17, 15) is 5.11 Å². The van der Waals surface area contributed by atoms with Crippen molar-refractivity contribution in [3.05, 3.63) is 50.6 Å². The molecule has 1 fully saturated rings. The lowest BCUT2D eigenvalue weighted by molar-refractivity contribution is 0.282. The zero-order valence-electron chi connectivity index (χ0n) is 10.6. The Labute approximate surface area is 125 Å². The number of nitrogens with zero attached hydrogens (tertiary/aromatic N) is 1. The van der Waals surface area contributed by atoms with Crippen molar-refractivity contribution in [2.75, 3.05) is 4.90 Å². The minimum atomic E-state index is 0.0901. The minimum Gasteiger partial charge on any atom is -0.392 e. The number of hydrogen-bond acceptors (Lipinski definition) is 3. The summed E-state index contributed by atoms with van der Waals surface area (Å²) in [7, 11) is 0. The maximum atomic E-state index is 9.19. The maximum absolute atomic E-state index is 9.19. The Kier molecular flexibility index (Phi) is 3.91. The zero-order valence-corrected chi connectivity index (χ0v) is 13.0. The Morgan fingerprint density at radius 1 is 1.26 bits per heavy atom. The van der Waals surface area contributed by atoms with Gasteiger partial charge in [-0.2, -0.15) is 11.3 Å². The van der Waals surface area contributed by atoms with Crippen LogP contribution < -0.4 is 4.90 Å². The summed E-state index contributed by atoms with van der Waals surface area (Å²) in [5.41, 5.74) is 3.54. The van der Waals surface area contributed by atoms with Gasteiger partial charge in [0.05, 0.1) is 12.3 Å². The van der Waals surface area contributed by atoms with Crippen LogP contribution in [0.4, 0.5) is 5.69 Å². The van der Waals surface area contributed by atoms with Crippen LogP contribution >= 0.6 is 27.3 Å². The Balaban J connectivity index is 1.87. The number of rotatable bonds is 5. The summed E-state index contributed by atoms with van der Waals surface area (Å²) in [6.07, 6.45) is 2.55. The number of hydrogen-bond donors (Lipinski definition) is 1. The highest BCUT2D eigenvalue weighted by atomic mass is 79.9. The van der Waals surface area contributed by atoms with E-state index < -0.39 is 0 Å². The van der Waals surface area contributed by atoms with Crippen LogP contribution in [0.2, 0.25) is 0 Å². The molecule has 1 aliphatic carbocycles. The summed E-state index contributed by atoms with van der Waals surface area (Å²) in [5, 5.41) is 13.5. The third-order valence-electron chi connectivity index (χ3n) is 3.42. The number of anilines is 1. The predicted octanol–water partition coefficient (Wildman–Crippen LogP) is 4.17. The van der Waals surface area contributed by atoms with Crippen molar-refractivity contribution >= 4 is 33.0 Å². The third kappa shape index (κ3) is 3.02. The van der Waals surface area contributed by atoms with E-state index in [2.05, 4.69) is 43.7 Å². The molecule has 0 radical (unpaired) electrons. The predicted molar refractivity (Wildman–Crippen MR) is 83.6 cm³/mol. The van der Waals surface area contributed by atoms with E-state index in [0.717, 1.165) is 16.6 Å². The molecular weight excluding hydrogens is 322 g/mol. The summed E-state index contributed by atoms with van der Waals surface area (Å²) < 4.78 is 1.07. The van der Waals surface area contributed by atoms with Gasteiger partial charge in [0, 0.05) is 17.1 Å². The second-order valence-corrected chi connectivity index (χ2v) is 6.57.